The van der Waals surface area contributed by atoms with Gasteiger partial charge in [0.25, 0.3) is 0 Å². The monoisotopic (exact) mass is 386 g/mol. The first-order valence-electron chi connectivity index (χ1n) is 10.0. The molecular formula is C19H39NaO4S. The average Bonchev–Trinajstić information content (AvgIpc) is 2.53. The molecule has 4 nitrogen and oxygen atoms in total. The van der Waals surface area contributed by atoms with E-state index >= 15 is 0 Å². The fraction of sp³-hybridized carbons (Fsp3) is 1.00. The molecule has 25 heavy (non-hydrogen) atoms. The first kappa shape index (κ1) is 28.1. The third-order valence-electron chi connectivity index (χ3n) is 4.83. The number of aliphatic hydroxyl groups excluding tert-OH is 1. The van der Waals surface area contributed by atoms with Crippen LogP contribution in [0.15, 0.2) is 0 Å². The Hall–Kier alpha value is 0.870. The first-order valence-corrected chi connectivity index (χ1v) is 11.5. The molecule has 0 aliphatic rings. The molecule has 0 aromatic heterocycles. The normalized spacial score (nSPS) is 14.1. The summed E-state index contributed by atoms with van der Waals surface area (Å²) < 4.78 is 33.9. The van der Waals surface area contributed by atoms with Crippen molar-refractivity contribution in [3.05, 3.63) is 0 Å². The van der Waals surface area contributed by atoms with E-state index < -0.39 is 21.5 Å². The minimum absolute atomic E-state index is 0. The summed E-state index contributed by atoms with van der Waals surface area (Å²) in [5.74, 6) is 0. The van der Waals surface area contributed by atoms with Crippen LogP contribution in [0, 0.1) is 0 Å². The fourth-order valence-electron chi connectivity index (χ4n) is 3.05. The summed E-state index contributed by atoms with van der Waals surface area (Å²) in [7, 11) is -4.24. The van der Waals surface area contributed by atoms with Gasteiger partial charge in [0.05, 0.1) is 16.2 Å². The van der Waals surface area contributed by atoms with Gasteiger partial charge in [0.1, 0.15) is 0 Å². The molecule has 6 heteroatoms. The number of unbranched alkanes of at least 4 members (excludes halogenated alkanes) is 10. The number of hydrogen-bond donors (Lipinski definition) is 1. The van der Waals surface area contributed by atoms with Crippen LogP contribution in [0.4, 0.5) is 0 Å². The molecule has 0 radical (unpaired) electrons. The third kappa shape index (κ3) is 18.0. The quantitative estimate of drug-likeness (QED) is 0.236. The molecule has 146 valence electrons. The molecule has 0 saturated carbocycles. The standard InChI is InChI=1S/C19H40O4S.Na/c1-3-5-6-7-8-9-10-11-12-13-14-15-19(24(21,22)23)17-16-18(20)4-2;/h18-20H,3-17H2,1-2H3,(H,21,22,23);/q;+1/p-1. The largest absolute Gasteiger partial charge is 1.00 e. The van der Waals surface area contributed by atoms with Crippen molar-refractivity contribution in [2.75, 3.05) is 0 Å². The van der Waals surface area contributed by atoms with Crippen LogP contribution in [0.25, 0.3) is 0 Å². The van der Waals surface area contributed by atoms with E-state index in [9.17, 15) is 18.1 Å². The second-order valence-corrected chi connectivity index (χ2v) is 8.73. The van der Waals surface area contributed by atoms with E-state index in [1.165, 1.54) is 51.4 Å². The Morgan fingerprint density at radius 2 is 1.20 bits per heavy atom. The molecule has 0 heterocycles. The molecule has 0 bridgehead atoms. The van der Waals surface area contributed by atoms with Gasteiger partial charge in [-0.2, -0.15) is 0 Å². The van der Waals surface area contributed by atoms with Gasteiger partial charge in [-0.15, -0.1) is 0 Å². The van der Waals surface area contributed by atoms with E-state index in [1.807, 2.05) is 6.92 Å². The molecule has 2 atom stereocenters. The maximum atomic E-state index is 11.3. The zero-order valence-corrected chi connectivity index (χ0v) is 19.7. The first-order chi connectivity index (χ1) is 11.4. The van der Waals surface area contributed by atoms with Crippen LogP contribution in [0.2, 0.25) is 0 Å². The van der Waals surface area contributed by atoms with Gasteiger partial charge in [0.2, 0.25) is 0 Å². The Morgan fingerprint density at radius 3 is 1.60 bits per heavy atom. The molecule has 0 rings (SSSR count). The molecule has 2 unspecified atom stereocenters. The van der Waals surface area contributed by atoms with Crippen molar-refractivity contribution in [3.63, 3.8) is 0 Å². The molecule has 0 saturated heterocycles. The Balaban J connectivity index is 0. The van der Waals surface area contributed by atoms with Crippen molar-refractivity contribution in [2.45, 2.75) is 122 Å². The molecule has 0 amide bonds. The second kappa shape index (κ2) is 18.2. The predicted octanol–water partition coefficient (Wildman–Crippen LogP) is 2.16. The second-order valence-electron chi connectivity index (χ2n) is 7.08. The van der Waals surface area contributed by atoms with Crippen molar-refractivity contribution in [1.29, 1.82) is 0 Å². The topological polar surface area (TPSA) is 77.4 Å². The molecular weight excluding hydrogens is 347 g/mol. The summed E-state index contributed by atoms with van der Waals surface area (Å²) in [6.07, 6.45) is 14.6. The zero-order valence-electron chi connectivity index (χ0n) is 16.8. The minimum Gasteiger partial charge on any atom is -0.748 e. The van der Waals surface area contributed by atoms with Crippen LogP contribution in [-0.2, 0) is 10.1 Å². The van der Waals surface area contributed by atoms with Gasteiger partial charge < -0.3 is 9.66 Å². The van der Waals surface area contributed by atoms with Crippen LogP contribution < -0.4 is 29.6 Å². The van der Waals surface area contributed by atoms with E-state index in [2.05, 4.69) is 6.92 Å². The Kier molecular flexibility index (Phi) is 20.5. The van der Waals surface area contributed by atoms with Crippen molar-refractivity contribution in [2.24, 2.45) is 0 Å². The van der Waals surface area contributed by atoms with Gasteiger partial charge in [-0.05, 0) is 25.7 Å². The van der Waals surface area contributed by atoms with Gasteiger partial charge >= 0.3 is 29.6 Å². The smallest absolute Gasteiger partial charge is 0.748 e. The van der Waals surface area contributed by atoms with Gasteiger partial charge in [-0.3, -0.25) is 0 Å². The third-order valence-corrected chi connectivity index (χ3v) is 6.12. The maximum Gasteiger partial charge on any atom is 1.00 e. The summed E-state index contributed by atoms with van der Waals surface area (Å²) in [4.78, 5) is 0. The Morgan fingerprint density at radius 1 is 0.760 bits per heavy atom. The van der Waals surface area contributed by atoms with Crippen molar-refractivity contribution in [3.8, 4) is 0 Å². The SMILES string of the molecule is CCCCCCCCCCCCCC(CCC(O)CC)S(=O)(=O)[O-].[Na+]. The van der Waals surface area contributed by atoms with Crippen LogP contribution in [0.1, 0.15) is 110 Å². The zero-order chi connectivity index (χ0) is 18.3. The molecule has 0 aliphatic carbocycles. The molecule has 0 fully saturated rings. The van der Waals surface area contributed by atoms with Crippen molar-refractivity contribution in [1.82, 2.24) is 0 Å². The van der Waals surface area contributed by atoms with Crippen molar-refractivity contribution >= 4 is 10.1 Å². The van der Waals surface area contributed by atoms with Crippen LogP contribution in [0.5, 0.6) is 0 Å². The molecule has 1 N–H and O–H groups in total. The van der Waals surface area contributed by atoms with E-state index in [4.69, 9.17) is 0 Å². The Bertz CT molecular complexity index is 374. The number of aliphatic hydroxyl groups is 1. The van der Waals surface area contributed by atoms with E-state index in [-0.39, 0.29) is 29.6 Å². The Labute approximate surface area is 178 Å². The van der Waals surface area contributed by atoms with Crippen LogP contribution >= 0.6 is 0 Å². The average molecular weight is 387 g/mol. The molecule has 0 aromatic carbocycles. The number of rotatable bonds is 17. The maximum absolute atomic E-state index is 11.3. The molecule has 0 aromatic rings. The summed E-state index contributed by atoms with van der Waals surface area (Å²) in [6.45, 7) is 4.09. The van der Waals surface area contributed by atoms with E-state index in [0.717, 1.165) is 19.3 Å². The predicted molar refractivity (Wildman–Crippen MR) is 100 cm³/mol. The van der Waals surface area contributed by atoms with Crippen molar-refractivity contribution < 1.29 is 47.6 Å². The molecule has 0 spiro atoms. The summed E-state index contributed by atoms with van der Waals surface area (Å²) in [5, 5.41) is 8.71. The summed E-state index contributed by atoms with van der Waals surface area (Å²) in [6, 6.07) is 0. The van der Waals surface area contributed by atoms with E-state index in [0.29, 0.717) is 25.7 Å². The van der Waals surface area contributed by atoms with Crippen LogP contribution in [-0.4, -0.2) is 29.4 Å². The fourth-order valence-corrected chi connectivity index (χ4v) is 3.93. The van der Waals surface area contributed by atoms with Crippen LogP contribution in [0.3, 0.4) is 0 Å². The van der Waals surface area contributed by atoms with Gasteiger partial charge in [-0.25, -0.2) is 8.42 Å². The molecule has 0 aliphatic heterocycles. The van der Waals surface area contributed by atoms with Gasteiger partial charge in [-0.1, -0.05) is 84.5 Å². The van der Waals surface area contributed by atoms with E-state index in [1.54, 1.807) is 0 Å². The number of hydrogen-bond acceptors (Lipinski definition) is 4. The summed E-state index contributed by atoms with van der Waals surface area (Å²) >= 11 is 0. The summed E-state index contributed by atoms with van der Waals surface area (Å²) in [5.41, 5.74) is 0. The minimum atomic E-state index is -4.24. The van der Waals surface area contributed by atoms with Gasteiger partial charge in [0, 0.05) is 5.25 Å². The van der Waals surface area contributed by atoms with Gasteiger partial charge in [0.15, 0.2) is 0 Å².